The van der Waals surface area contributed by atoms with Crippen LogP contribution in [-0.4, -0.2) is 53.3 Å². The van der Waals surface area contributed by atoms with Crippen molar-refractivity contribution in [2.45, 2.75) is 26.0 Å². The van der Waals surface area contributed by atoms with E-state index in [0.29, 0.717) is 6.54 Å². The van der Waals surface area contributed by atoms with Crippen molar-refractivity contribution in [1.82, 2.24) is 14.9 Å². The number of anilines is 1. The maximum Gasteiger partial charge on any atom is 0.225 e. The lowest BCUT2D eigenvalue weighted by Crippen LogP contribution is -2.23. The van der Waals surface area contributed by atoms with E-state index < -0.39 is 0 Å². The number of nitrogens with zero attached hydrogens (tertiary/aromatic N) is 4. The number of β-amino-alcohol motifs (C(OH)–C–C–N with tert-alkyl or cyclic N) is 1. The summed E-state index contributed by atoms with van der Waals surface area (Å²) in [6, 6.07) is 4.32. The minimum atomic E-state index is -0.255. The van der Waals surface area contributed by atoms with Gasteiger partial charge in [0.25, 0.3) is 0 Å². The second-order valence-electron chi connectivity index (χ2n) is 6.06. The Bertz CT molecular complexity index is 655. The molecular formula is C16H22N4OS. The first kappa shape index (κ1) is 15.4. The number of aromatic nitrogens is 2. The van der Waals surface area contributed by atoms with Crippen molar-refractivity contribution in [1.29, 1.82) is 0 Å². The van der Waals surface area contributed by atoms with Gasteiger partial charge >= 0.3 is 0 Å². The van der Waals surface area contributed by atoms with E-state index in [1.807, 2.05) is 18.0 Å². The second kappa shape index (κ2) is 6.32. The average molecular weight is 318 g/mol. The van der Waals surface area contributed by atoms with Crippen LogP contribution in [0.15, 0.2) is 18.3 Å². The number of aryl methyl sites for hydroxylation is 1. The molecule has 1 fully saturated rings. The molecule has 0 amide bonds. The van der Waals surface area contributed by atoms with Gasteiger partial charge in [-0.2, -0.15) is 0 Å². The monoisotopic (exact) mass is 318 g/mol. The van der Waals surface area contributed by atoms with Crippen LogP contribution in [0, 0.1) is 6.92 Å². The van der Waals surface area contributed by atoms with Crippen molar-refractivity contribution in [3.05, 3.63) is 28.9 Å². The highest BCUT2D eigenvalue weighted by atomic mass is 32.1. The number of hydrogen-bond acceptors (Lipinski definition) is 6. The molecule has 1 aliphatic heterocycles. The van der Waals surface area contributed by atoms with Gasteiger partial charge in [-0.05, 0) is 39.6 Å². The largest absolute Gasteiger partial charge is 0.391 e. The van der Waals surface area contributed by atoms with Gasteiger partial charge in [-0.1, -0.05) is 0 Å². The summed E-state index contributed by atoms with van der Waals surface area (Å²) in [7, 11) is 4.15. The SMILES string of the molecule is Cc1nc(N2CC[C@@H](O)C2)ncc1-c1ccc(CN(C)C)s1. The van der Waals surface area contributed by atoms with E-state index in [1.165, 1.54) is 9.75 Å². The summed E-state index contributed by atoms with van der Waals surface area (Å²) >= 11 is 1.79. The van der Waals surface area contributed by atoms with Crippen LogP contribution < -0.4 is 4.90 Å². The molecular weight excluding hydrogens is 296 g/mol. The van der Waals surface area contributed by atoms with Crippen LogP contribution in [0.25, 0.3) is 10.4 Å². The molecule has 2 aromatic rings. The van der Waals surface area contributed by atoms with Gasteiger partial charge in [0.1, 0.15) is 0 Å². The zero-order valence-electron chi connectivity index (χ0n) is 13.3. The van der Waals surface area contributed by atoms with Gasteiger partial charge in [-0.25, -0.2) is 9.97 Å². The van der Waals surface area contributed by atoms with Gasteiger partial charge in [0.05, 0.1) is 11.8 Å². The lowest BCUT2D eigenvalue weighted by atomic mass is 10.2. The summed E-state index contributed by atoms with van der Waals surface area (Å²) in [5, 5.41) is 9.64. The number of rotatable bonds is 4. The molecule has 6 heteroatoms. The average Bonchev–Trinajstić information content (AvgIpc) is 3.07. The Morgan fingerprint density at radius 1 is 1.41 bits per heavy atom. The summed E-state index contributed by atoms with van der Waals surface area (Å²) in [6.07, 6.45) is 2.45. The first-order chi connectivity index (χ1) is 10.5. The van der Waals surface area contributed by atoms with E-state index in [-0.39, 0.29) is 6.10 Å². The Kier molecular flexibility index (Phi) is 4.42. The Labute approximate surface area is 135 Å². The van der Waals surface area contributed by atoms with Gasteiger partial charge in [-0.3, -0.25) is 0 Å². The quantitative estimate of drug-likeness (QED) is 0.936. The van der Waals surface area contributed by atoms with Crippen molar-refractivity contribution in [3.8, 4) is 10.4 Å². The zero-order chi connectivity index (χ0) is 15.7. The van der Waals surface area contributed by atoms with Crippen molar-refractivity contribution >= 4 is 17.3 Å². The van der Waals surface area contributed by atoms with Gasteiger partial charge in [0, 0.05) is 41.1 Å². The highest BCUT2D eigenvalue weighted by Gasteiger charge is 2.22. The van der Waals surface area contributed by atoms with E-state index in [4.69, 9.17) is 0 Å². The zero-order valence-corrected chi connectivity index (χ0v) is 14.1. The number of aliphatic hydroxyl groups is 1. The van der Waals surface area contributed by atoms with Crippen molar-refractivity contribution in [3.63, 3.8) is 0 Å². The summed E-state index contributed by atoms with van der Waals surface area (Å²) in [5.74, 6) is 0.725. The maximum atomic E-state index is 9.64. The summed E-state index contributed by atoms with van der Waals surface area (Å²) in [4.78, 5) is 15.9. The van der Waals surface area contributed by atoms with Gasteiger partial charge in [-0.15, -0.1) is 11.3 Å². The summed E-state index contributed by atoms with van der Waals surface area (Å²) < 4.78 is 0. The fraction of sp³-hybridized carbons (Fsp3) is 0.500. The highest BCUT2D eigenvalue weighted by molar-refractivity contribution is 7.15. The first-order valence-corrected chi connectivity index (χ1v) is 8.35. The molecule has 0 spiro atoms. The van der Waals surface area contributed by atoms with Crippen molar-refractivity contribution in [2.24, 2.45) is 0 Å². The molecule has 0 unspecified atom stereocenters. The lowest BCUT2D eigenvalue weighted by molar-refractivity contribution is 0.198. The Balaban J connectivity index is 1.81. The van der Waals surface area contributed by atoms with Crippen LogP contribution in [0.3, 0.4) is 0 Å². The first-order valence-electron chi connectivity index (χ1n) is 7.53. The van der Waals surface area contributed by atoms with Crippen LogP contribution >= 0.6 is 11.3 Å². The molecule has 0 bridgehead atoms. The lowest BCUT2D eigenvalue weighted by Gasteiger charge is -2.16. The standard InChI is InChI=1S/C16H22N4OS/c1-11-14(15-5-4-13(22-15)10-19(2)3)8-17-16(18-11)20-7-6-12(21)9-20/h4-5,8,12,21H,6-7,9-10H2,1-3H3/t12-/m1/s1. The van der Waals surface area contributed by atoms with Crippen LogP contribution in [0.2, 0.25) is 0 Å². The molecule has 1 saturated heterocycles. The molecule has 0 radical (unpaired) electrons. The van der Waals surface area contributed by atoms with E-state index in [0.717, 1.165) is 36.7 Å². The molecule has 0 aliphatic carbocycles. The second-order valence-corrected chi connectivity index (χ2v) is 7.23. The number of hydrogen-bond donors (Lipinski definition) is 1. The molecule has 1 N–H and O–H groups in total. The Hall–Kier alpha value is -1.50. The van der Waals surface area contributed by atoms with Crippen molar-refractivity contribution in [2.75, 3.05) is 32.1 Å². The molecule has 0 saturated carbocycles. The van der Waals surface area contributed by atoms with Crippen LogP contribution in [0.1, 0.15) is 17.0 Å². The highest BCUT2D eigenvalue weighted by Crippen LogP contribution is 2.31. The third kappa shape index (κ3) is 3.29. The van der Waals surface area contributed by atoms with Crippen molar-refractivity contribution < 1.29 is 5.11 Å². The van der Waals surface area contributed by atoms with Gasteiger partial charge in [0.15, 0.2) is 0 Å². The Morgan fingerprint density at radius 2 is 2.23 bits per heavy atom. The number of thiophene rings is 1. The molecule has 1 atom stereocenters. The normalized spacial score (nSPS) is 18.4. The minimum absolute atomic E-state index is 0.255. The van der Waals surface area contributed by atoms with E-state index in [2.05, 4.69) is 41.1 Å². The third-order valence-corrected chi connectivity index (χ3v) is 4.92. The van der Waals surface area contributed by atoms with Crippen LogP contribution in [0.5, 0.6) is 0 Å². The predicted octanol–water partition coefficient (Wildman–Crippen LogP) is 2.15. The van der Waals surface area contributed by atoms with Crippen LogP contribution in [0.4, 0.5) is 5.95 Å². The molecule has 3 heterocycles. The molecule has 0 aromatic carbocycles. The number of aliphatic hydroxyl groups excluding tert-OH is 1. The smallest absolute Gasteiger partial charge is 0.225 e. The minimum Gasteiger partial charge on any atom is -0.391 e. The summed E-state index contributed by atoms with van der Waals surface area (Å²) in [6.45, 7) is 4.43. The van der Waals surface area contributed by atoms with Gasteiger partial charge in [0.2, 0.25) is 5.95 Å². The fourth-order valence-corrected chi connectivity index (χ4v) is 3.88. The molecule has 5 nitrogen and oxygen atoms in total. The van der Waals surface area contributed by atoms with E-state index >= 15 is 0 Å². The van der Waals surface area contributed by atoms with Gasteiger partial charge < -0.3 is 14.9 Å². The molecule has 22 heavy (non-hydrogen) atoms. The molecule has 118 valence electrons. The molecule has 1 aliphatic rings. The van der Waals surface area contributed by atoms with E-state index in [9.17, 15) is 5.11 Å². The summed E-state index contributed by atoms with van der Waals surface area (Å²) in [5.41, 5.74) is 2.09. The molecule has 3 rings (SSSR count). The third-order valence-electron chi connectivity index (χ3n) is 3.81. The fourth-order valence-electron chi connectivity index (χ4n) is 2.69. The maximum absolute atomic E-state index is 9.64. The molecule has 2 aromatic heterocycles. The predicted molar refractivity (Wildman–Crippen MR) is 90.3 cm³/mol. The topological polar surface area (TPSA) is 52.5 Å². The Morgan fingerprint density at radius 3 is 2.86 bits per heavy atom. The van der Waals surface area contributed by atoms with Crippen LogP contribution in [-0.2, 0) is 6.54 Å². The van der Waals surface area contributed by atoms with E-state index in [1.54, 1.807) is 11.3 Å².